The van der Waals surface area contributed by atoms with Gasteiger partial charge in [0.15, 0.2) is 17.2 Å². The van der Waals surface area contributed by atoms with E-state index in [1.165, 1.54) is 19.5 Å². The molecule has 0 aliphatic rings. The van der Waals surface area contributed by atoms with E-state index < -0.39 is 0 Å². The zero-order chi connectivity index (χ0) is 13.9. The third kappa shape index (κ3) is 2.25. The summed E-state index contributed by atoms with van der Waals surface area (Å²) in [5, 5.41) is 10.6. The molecule has 2 heterocycles. The van der Waals surface area contributed by atoms with Gasteiger partial charge in [-0.05, 0) is 17.7 Å². The van der Waals surface area contributed by atoms with Crippen LogP contribution in [0.4, 0.5) is 10.2 Å². The van der Waals surface area contributed by atoms with Crippen LogP contribution in [0.2, 0.25) is 0 Å². The van der Waals surface area contributed by atoms with Crippen LogP contribution >= 0.6 is 0 Å². The standard InChI is InChI=1S/C13H12FN5O/c1-20-11-3-2-8(4-10(11)14)5-15-12-9-6-18-19-13(9)17-7-16-12/h2-4,6-7H,5H2,1H3,(H2,15,16,17,18,19). The molecule has 0 spiro atoms. The van der Waals surface area contributed by atoms with E-state index >= 15 is 0 Å². The Balaban J connectivity index is 1.79. The molecule has 102 valence electrons. The van der Waals surface area contributed by atoms with Crippen molar-refractivity contribution in [3.8, 4) is 5.75 Å². The van der Waals surface area contributed by atoms with Gasteiger partial charge < -0.3 is 10.1 Å². The van der Waals surface area contributed by atoms with Gasteiger partial charge in [0.25, 0.3) is 0 Å². The molecular formula is C13H12FN5O. The first kappa shape index (κ1) is 12.3. The second-order valence-electron chi connectivity index (χ2n) is 4.18. The molecule has 2 aromatic heterocycles. The number of anilines is 1. The number of benzene rings is 1. The lowest BCUT2D eigenvalue weighted by Gasteiger charge is -2.08. The van der Waals surface area contributed by atoms with Gasteiger partial charge in [-0.1, -0.05) is 6.07 Å². The molecule has 0 saturated heterocycles. The largest absolute Gasteiger partial charge is 0.494 e. The smallest absolute Gasteiger partial charge is 0.165 e. The maximum atomic E-state index is 13.6. The van der Waals surface area contributed by atoms with E-state index in [0.29, 0.717) is 18.0 Å². The summed E-state index contributed by atoms with van der Waals surface area (Å²) in [6.07, 6.45) is 3.09. The van der Waals surface area contributed by atoms with E-state index in [-0.39, 0.29) is 11.6 Å². The van der Waals surface area contributed by atoms with Gasteiger partial charge >= 0.3 is 0 Å². The van der Waals surface area contributed by atoms with Gasteiger partial charge in [0.1, 0.15) is 12.1 Å². The minimum Gasteiger partial charge on any atom is -0.494 e. The van der Waals surface area contributed by atoms with E-state index in [1.54, 1.807) is 18.3 Å². The van der Waals surface area contributed by atoms with Gasteiger partial charge in [-0.2, -0.15) is 5.10 Å². The molecule has 0 atom stereocenters. The highest BCUT2D eigenvalue weighted by Gasteiger charge is 2.06. The molecule has 3 rings (SSSR count). The Morgan fingerprint density at radius 2 is 2.25 bits per heavy atom. The maximum absolute atomic E-state index is 13.6. The SMILES string of the molecule is COc1ccc(CNc2ncnc3[nH]ncc23)cc1F. The Morgan fingerprint density at radius 3 is 3.05 bits per heavy atom. The third-order valence-corrected chi connectivity index (χ3v) is 2.92. The van der Waals surface area contributed by atoms with Gasteiger partial charge in [0.05, 0.1) is 18.7 Å². The molecule has 0 radical (unpaired) electrons. The average Bonchev–Trinajstić information content (AvgIpc) is 2.94. The van der Waals surface area contributed by atoms with Crippen molar-refractivity contribution in [2.75, 3.05) is 12.4 Å². The molecule has 0 fully saturated rings. The van der Waals surface area contributed by atoms with Crippen molar-refractivity contribution in [2.45, 2.75) is 6.54 Å². The molecule has 1 aromatic carbocycles. The first-order chi connectivity index (χ1) is 9.78. The van der Waals surface area contributed by atoms with E-state index in [9.17, 15) is 4.39 Å². The van der Waals surface area contributed by atoms with Crippen molar-refractivity contribution in [1.82, 2.24) is 20.2 Å². The average molecular weight is 273 g/mol. The summed E-state index contributed by atoms with van der Waals surface area (Å²) in [4.78, 5) is 8.20. The molecule has 0 amide bonds. The van der Waals surface area contributed by atoms with Crippen molar-refractivity contribution < 1.29 is 9.13 Å². The van der Waals surface area contributed by atoms with Crippen molar-refractivity contribution in [1.29, 1.82) is 0 Å². The van der Waals surface area contributed by atoms with Crippen LogP contribution in [0.15, 0.2) is 30.7 Å². The predicted octanol–water partition coefficient (Wildman–Crippen LogP) is 2.11. The number of nitrogens with zero attached hydrogens (tertiary/aromatic N) is 3. The number of hydrogen-bond acceptors (Lipinski definition) is 5. The Kier molecular flexibility index (Phi) is 3.16. The van der Waals surface area contributed by atoms with Crippen molar-refractivity contribution in [3.05, 3.63) is 42.1 Å². The van der Waals surface area contributed by atoms with Crippen molar-refractivity contribution in [2.24, 2.45) is 0 Å². The number of nitrogens with one attached hydrogen (secondary N) is 2. The van der Waals surface area contributed by atoms with E-state index in [0.717, 1.165) is 10.9 Å². The normalized spacial score (nSPS) is 10.7. The quantitative estimate of drug-likeness (QED) is 0.761. The minimum atomic E-state index is -0.386. The van der Waals surface area contributed by atoms with Crippen LogP contribution in [0, 0.1) is 5.82 Å². The molecule has 3 aromatic rings. The van der Waals surface area contributed by atoms with Gasteiger partial charge in [-0.15, -0.1) is 0 Å². The van der Waals surface area contributed by atoms with Crippen LogP contribution in [-0.4, -0.2) is 27.3 Å². The summed E-state index contributed by atoms with van der Waals surface area (Å²) in [5.74, 6) is 0.496. The van der Waals surface area contributed by atoms with E-state index in [1.807, 2.05) is 0 Å². The van der Waals surface area contributed by atoms with E-state index in [2.05, 4.69) is 25.5 Å². The number of rotatable bonds is 4. The fraction of sp³-hybridized carbons (Fsp3) is 0.154. The molecule has 7 heteroatoms. The monoisotopic (exact) mass is 273 g/mol. The Labute approximate surface area is 114 Å². The van der Waals surface area contributed by atoms with Gasteiger partial charge in [0.2, 0.25) is 0 Å². The third-order valence-electron chi connectivity index (χ3n) is 2.92. The van der Waals surface area contributed by atoms with Gasteiger partial charge in [0, 0.05) is 6.54 Å². The summed E-state index contributed by atoms with van der Waals surface area (Å²) in [6, 6.07) is 4.82. The maximum Gasteiger partial charge on any atom is 0.165 e. The minimum absolute atomic E-state index is 0.230. The summed E-state index contributed by atoms with van der Waals surface area (Å²) < 4.78 is 18.5. The zero-order valence-corrected chi connectivity index (χ0v) is 10.7. The lowest BCUT2D eigenvalue weighted by molar-refractivity contribution is 0.386. The highest BCUT2D eigenvalue weighted by molar-refractivity contribution is 5.85. The number of methoxy groups -OCH3 is 1. The number of aromatic nitrogens is 4. The Morgan fingerprint density at radius 1 is 1.35 bits per heavy atom. The molecule has 0 aliphatic heterocycles. The van der Waals surface area contributed by atoms with Crippen LogP contribution in [0.1, 0.15) is 5.56 Å². The first-order valence-electron chi connectivity index (χ1n) is 5.98. The fourth-order valence-electron chi connectivity index (χ4n) is 1.91. The highest BCUT2D eigenvalue weighted by atomic mass is 19.1. The molecule has 0 saturated carbocycles. The summed E-state index contributed by atoms with van der Waals surface area (Å²) in [7, 11) is 1.44. The number of halogens is 1. The number of aromatic amines is 1. The molecule has 0 unspecified atom stereocenters. The lowest BCUT2D eigenvalue weighted by atomic mass is 10.2. The second kappa shape index (κ2) is 5.12. The van der Waals surface area contributed by atoms with Crippen LogP contribution in [0.25, 0.3) is 11.0 Å². The topological polar surface area (TPSA) is 75.7 Å². The van der Waals surface area contributed by atoms with Gasteiger partial charge in [-0.25, -0.2) is 14.4 Å². The number of hydrogen-bond donors (Lipinski definition) is 2. The van der Waals surface area contributed by atoms with Crippen molar-refractivity contribution in [3.63, 3.8) is 0 Å². The first-order valence-corrected chi connectivity index (χ1v) is 5.98. The second-order valence-corrected chi connectivity index (χ2v) is 4.18. The molecule has 6 nitrogen and oxygen atoms in total. The summed E-state index contributed by atoms with van der Waals surface area (Å²) in [6.45, 7) is 0.443. The molecule has 0 aliphatic carbocycles. The Bertz CT molecular complexity index is 742. The molecule has 2 N–H and O–H groups in total. The van der Waals surface area contributed by atoms with Crippen LogP contribution in [0.5, 0.6) is 5.75 Å². The number of ether oxygens (including phenoxy) is 1. The summed E-state index contributed by atoms with van der Waals surface area (Å²) >= 11 is 0. The number of fused-ring (bicyclic) bond motifs is 1. The molecule has 0 bridgehead atoms. The van der Waals surface area contributed by atoms with Crippen molar-refractivity contribution >= 4 is 16.9 Å². The Hall–Kier alpha value is -2.70. The highest BCUT2D eigenvalue weighted by Crippen LogP contribution is 2.20. The fourth-order valence-corrected chi connectivity index (χ4v) is 1.91. The van der Waals surface area contributed by atoms with E-state index in [4.69, 9.17) is 4.74 Å². The van der Waals surface area contributed by atoms with Crippen LogP contribution < -0.4 is 10.1 Å². The van der Waals surface area contributed by atoms with Crippen LogP contribution in [-0.2, 0) is 6.54 Å². The summed E-state index contributed by atoms with van der Waals surface area (Å²) in [5.41, 5.74) is 1.45. The number of H-pyrrole nitrogens is 1. The molecule has 20 heavy (non-hydrogen) atoms. The molecular weight excluding hydrogens is 261 g/mol. The predicted molar refractivity (Wildman–Crippen MR) is 72.0 cm³/mol. The van der Waals surface area contributed by atoms with Gasteiger partial charge in [-0.3, -0.25) is 5.10 Å². The van der Waals surface area contributed by atoms with Crippen LogP contribution in [0.3, 0.4) is 0 Å². The zero-order valence-electron chi connectivity index (χ0n) is 10.7. The lowest BCUT2D eigenvalue weighted by Crippen LogP contribution is -2.03.